The monoisotopic (exact) mass is 490 g/mol. The molecule has 0 spiro atoms. The van der Waals surface area contributed by atoms with Crippen molar-refractivity contribution in [2.75, 3.05) is 0 Å². The molecule has 7 aromatic rings. The molecule has 1 aliphatic heterocycles. The lowest BCUT2D eigenvalue weighted by Gasteiger charge is -2.33. The Labute approximate surface area is 215 Å². The first-order chi connectivity index (χ1) is 18.4. The van der Waals surface area contributed by atoms with Crippen molar-refractivity contribution in [3.05, 3.63) is 133 Å². The quantitative estimate of drug-likeness (QED) is 0.270. The molecular formula is C34H22O2Si. The van der Waals surface area contributed by atoms with Gasteiger partial charge in [0, 0.05) is 32.3 Å². The minimum atomic E-state index is -2.94. The summed E-state index contributed by atoms with van der Waals surface area (Å²) in [7, 11) is -2.94. The predicted octanol–water partition coefficient (Wildman–Crippen LogP) is 6.20. The molecule has 1 aliphatic rings. The van der Waals surface area contributed by atoms with E-state index in [1.807, 2.05) is 0 Å². The first kappa shape index (κ1) is 20.6. The molecule has 0 atom stereocenters. The average Bonchev–Trinajstić information content (AvgIpc) is 3.53. The summed E-state index contributed by atoms with van der Waals surface area (Å²) in [5.74, 6) is 1.90. The molecule has 0 radical (unpaired) electrons. The van der Waals surface area contributed by atoms with Gasteiger partial charge in [-0.25, -0.2) is 0 Å². The second kappa shape index (κ2) is 7.70. The van der Waals surface area contributed by atoms with E-state index in [4.69, 9.17) is 8.83 Å². The molecule has 0 saturated carbocycles. The molecule has 3 heteroatoms. The lowest BCUT2D eigenvalue weighted by atomic mass is 10.0. The topological polar surface area (TPSA) is 26.3 Å². The Balaban J connectivity index is 1.72. The first-order valence-electron chi connectivity index (χ1n) is 12.6. The van der Waals surface area contributed by atoms with Crippen molar-refractivity contribution < 1.29 is 8.83 Å². The van der Waals surface area contributed by atoms with Gasteiger partial charge in [0.15, 0.2) is 8.07 Å². The largest absolute Gasteiger partial charge is 0.456 e. The molecule has 37 heavy (non-hydrogen) atoms. The van der Waals surface area contributed by atoms with Crippen LogP contribution >= 0.6 is 0 Å². The van der Waals surface area contributed by atoms with Crippen molar-refractivity contribution in [1.82, 2.24) is 0 Å². The number of benzene rings is 5. The van der Waals surface area contributed by atoms with Crippen LogP contribution < -0.4 is 20.7 Å². The molecular weight excluding hydrogens is 468 g/mol. The first-order valence-corrected chi connectivity index (χ1v) is 14.6. The van der Waals surface area contributed by atoms with E-state index >= 15 is 0 Å². The normalized spacial score (nSPS) is 13.6. The van der Waals surface area contributed by atoms with Gasteiger partial charge in [-0.3, -0.25) is 0 Å². The van der Waals surface area contributed by atoms with Crippen molar-refractivity contribution >= 4 is 50.8 Å². The maximum Gasteiger partial charge on any atom is 0.190 e. The maximum absolute atomic E-state index is 6.80. The zero-order chi connectivity index (χ0) is 24.4. The van der Waals surface area contributed by atoms with E-state index in [1.54, 1.807) is 0 Å². The van der Waals surface area contributed by atoms with Crippen LogP contribution in [0.5, 0.6) is 0 Å². The van der Waals surface area contributed by atoms with Crippen LogP contribution in [0.2, 0.25) is 0 Å². The Kier molecular flexibility index (Phi) is 4.28. The van der Waals surface area contributed by atoms with Crippen LogP contribution in [-0.2, 0) is 0 Å². The molecule has 2 aromatic heterocycles. The van der Waals surface area contributed by atoms with Gasteiger partial charge in [0.25, 0.3) is 0 Å². The summed E-state index contributed by atoms with van der Waals surface area (Å²) in [5.41, 5.74) is 4.00. The van der Waals surface area contributed by atoms with Gasteiger partial charge in [0.05, 0.1) is 0 Å². The van der Waals surface area contributed by atoms with Crippen molar-refractivity contribution in [2.24, 2.45) is 0 Å². The number of fused-ring (bicyclic) bond motifs is 9. The van der Waals surface area contributed by atoms with Gasteiger partial charge in [0.2, 0.25) is 0 Å². The Bertz CT molecular complexity index is 1790. The van der Waals surface area contributed by atoms with Gasteiger partial charge in [-0.15, -0.1) is 0 Å². The van der Waals surface area contributed by atoms with Crippen molar-refractivity contribution in [2.45, 2.75) is 0 Å². The van der Waals surface area contributed by atoms with Crippen LogP contribution in [0.25, 0.3) is 44.6 Å². The Morgan fingerprint density at radius 1 is 0.378 bits per heavy atom. The Morgan fingerprint density at radius 3 is 1.22 bits per heavy atom. The smallest absolute Gasteiger partial charge is 0.190 e. The number of hydrogen-bond acceptors (Lipinski definition) is 2. The number of rotatable bonds is 2. The lowest BCUT2D eigenvalue weighted by molar-refractivity contribution is 0.627. The third-order valence-electron chi connectivity index (χ3n) is 7.77. The summed E-state index contributed by atoms with van der Waals surface area (Å²) >= 11 is 0. The highest BCUT2D eigenvalue weighted by Crippen LogP contribution is 2.41. The minimum Gasteiger partial charge on any atom is -0.456 e. The summed E-state index contributed by atoms with van der Waals surface area (Å²) < 4.78 is 13.6. The molecule has 0 N–H and O–H groups in total. The standard InChI is InChI=1S/C34H22O2Si/c1-3-13-23(14-4-1)37(24-15-5-2-6-16-24)33-27-19-9-11-21-29(27)35-31(33)25-17-7-8-18-26(25)32-34(37)28-20-10-12-22-30(28)36-32/h1-22H. The van der Waals surface area contributed by atoms with Gasteiger partial charge in [0.1, 0.15) is 22.7 Å². The van der Waals surface area contributed by atoms with E-state index in [0.717, 1.165) is 33.8 Å². The number of furan rings is 2. The summed E-state index contributed by atoms with van der Waals surface area (Å²) in [6.07, 6.45) is 0. The van der Waals surface area contributed by atoms with E-state index in [0.29, 0.717) is 0 Å². The van der Waals surface area contributed by atoms with Gasteiger partial charge >= 0.3 is 0 Å². The summed E-state index contributed by atoms with van der Waals surface area (Å²) in [5, 5.41) is 7.55. The van der Waals surface area contributed by atoms with E-state index < -0.39 is 8.07 Å². The number of para-hydroxylation sites is 2. The highest BCUT2D eigenvalue weighted by molar-refractivity contribution is 7.22. The van der Waals surface area contributed by atoms with Crippen LogP contribution in [0.3, 0.4) is 0 Å². The summed E-state index contributed by atoms with van der Waals surface area (Å²) in [6, 6.07) is 47.6. The van der Waals surface area contributed by atoms with E-state index in [1.165, 1.54) is 31.5 Å². The van der Waals surface area contributed by atoms with Crippen molar-refractivity contribution in [3.8, 4) is 22.6 Å². The van der Waals surface area contributed by atoms with E-state index in [2.05, 4.69) is 133 Å². The molecule has 0 unspecified atom stereocenters. The maximum atomic E-state index is 6.80. The summed E-state index contributed by atoms with van der Waals surface area (Å²) in [4.78, 5) is 0. The van der Waals surface area contributed by atoms with Crippen LogP contribution in [-0.4, -0.2) is 8.07 Å². The fourth-order valence-electron chi connectivity index (χ4n) is 6.34. The number of hydrogen-bond donors (Lipinski definition) is 0. The zero-order valence-corrected chi connectivity index (χ0v) is 21.0. The highest BCUT2D eigenvalue weighted by atomic mass is 28.3. The minimum absolute atomic E-state index is 0.919. The highest BCUT2D eigenvalue weighted by Gasteiger charge is 2.51. The third kappa shape index (κ3) is 2.69. The Morgan fingerprint density at radius 2 is 0.757 bits per heavy atom. The Hall–Kier alpha value is -4.60. The molecule has 0 bridgehead atoms. The second-order valence-electron chi connectivity index (χ2n) is 9.63. The van der Waals surface area contributed by atoms with E-state index in [9.17, 15) is 0 Å². The second-order valence-corrected chi connectivity index (χ2v) is 13.3. The molecule has 3 heterocycles. The summed E-state index contributed by atoms with van der Waals surface area (Å²) in [6.45, 7) is 0. The van der Waals surface area contributed by atoms with Gasteiger partial charge in [-0.05, 0) is 22.5 Å². The van der Waals surface area contributed by atoms with Gasteiger partial charge < -0.3 is 8.83 Å². The molecule has 0 aliphatic carbocycles. The van der Waals surface area contributed by atoms with Crippen LogP contribution in [0, 0.1) is 0 Å². The lowest BCUT2D eigenvalue weighted by Crippen LogP contribution is -2.75. The molecule has 2 nitrogen and oxygen atoms in total. The van der Waals surface area contributed by atoms with Crippen molar-refractivity contribution in [3.63, 3.8) is 0 Å². The van der Waals surface area contributed by atoms with E-state index in [-0.39, 0.29) is 0 Å². The SMILES string of the molecule is c1ccc([Si]2(c3ccccc3)c3c(oc4ccccc34)-c3ccccc3-c3oc4ccccc4c32)cc1. The van der Waals surface area contributed by atoms with Crippen LogP contribution in [0.1, 0.15) is 0 Å². The zero-order valence-electron chi connectivity index (χ0n) is 20.0. The molecule has 0 amide bonds. The molecule has 0 saturated heterocycles. The fraction of sp³-hybridized carbons (Fsp3) is 0. The van der Waals surface area contributed by atoms with Crippen molar-refractivity contribution in [1.29, 1.82) is 0 Å². The molecule has 0 fully saturated rings. The molecule has 174 valence electrons. The van der Waals surface area contributed by atoms with Crippen LogP contribution in [0.15, 0.2) is 142 Å². The molecule has 5 aromatic carbocycles. The molecule has 8 rings (SSSR count). The van der Waals surface area contributed by atoms with Gasteiger partial charge in [-0.1, -0.05) is 121 Å². The fourth-order valence-corrected chi connectivity index (χ4v) is 11.7. The third-order valence-corrected chi connectivity index (χ3v) is 12.7. The van der Waals surface area contributed by atoms with Crippen LogP contribution in [0.4, 0.5) is 0 Å². The van der Waals surface area contributed by atoms with Gasteiger partial charge in [-0.2, -0.15) is 0 Å². The predicted molar refractivity (Wildman–Crippen MR) is 154 cm³/mol. The average molecular weight is 491 g/mol.